The lowest BCUT2D eigenvalue weighted by Gasteiger charge is -2.11. The van der Waals surface area contributed by atoms with E-state index in [2.05, 4.69) is 4.72 Å². The van der Waals surface area contributed by atoms with E-state index in [9.17, 15) is 8.42 Å². The normalized spacial score (nSPS) is 11.3. The number of hydrogen-bond donors (Lipinski definition) is 1. The summed E-state index contributed by atoms with van der Waals surface area (Å²) in [6.07, 6.45) is 0. The second-order valence-corrected chi connectivity index (χ2v) is 6.32. The molecule has 0 spiro atoms. The highest BCUT2D eigenvalue weighted by atomic mass is 32.2. The first-order valence-corrected chi connectivity index (χ1v) is 7.74. The second-order valence-electron chi connectivity index (χ2n) is 4.60. The van der Waals surface area contributed by atoms with E-state index in [0.29, 0.717) is 5.69 Å². The molecule has 0 radical (unpaired) electrons. The van der Waals surface area contributed by atoms with E-state index < -0.39 is 10.0 Å². The molecule has 0 saturated carbocycles. The first-order chi connectivity index (χ1) is 8.98. The minimum atomic E-state index is -3.38. The van der Waals surface area contributed by atoms with Gasteiger partial charge in [-0.15, -0.1) is 0 Å². The highest BCUT2D eigenvalue weighted by Crippen LogP contribution is 2.18. The Hall–Kier alpha value is -1.81. The molecule has 2 aromatic rings. The standard InChI is InChI=1S/C15H17NO2S/c1-12-7-3-5-9-14(12)11-19(17,18)16-15-10-6-4-8-13(15)2/h3-10,16H,11H2,1-2H3. The van der Waals surface area contributed by atoms with E-state index in [1.165, 1.54) is 0 Å². The number of anilines is 1. The summed E-state index contributed by atoms with van der Waals surface area (Å²) in [5, 5.41) is 0. The van der Waals surface area contributed by atoms with Gasteiger partial charge in [0.15, 0.2) is 0 Å². The molecule has 0 aliphatic heterocycles. The Bertz CT molecular complexity index is 625. The molecule has 100 valence electrons. The summed E-state index contributed by atoms with van der Waals surface area (Å²) in [6.45, 7) is 3.80. The third kappa shape index (κ3) is 3.58. The van der Waals surface area contributed by atoms with Crippen molar-refractivity contribution in [3.05, 3.63) is 65.2 Å². The van der Waals surface area contributed by atoms with Crippen LogP contribution in [-0.4, -0.2) is 8.42 Å². The number of sulfonamides is 1. The smallest absolute Gasteiger partial charge is 0.236 e. The van der Waals surface area contributed by atoms with E-state index in [4.69, 9.17) is 0 Å². The van der Waals surface area contributed by atoms with Crippen LogP contribution in [0, 0.1) is 13.8 Å². The lowest BCUT2D eigenvalue weighted by Crippen LogP contribution is -2.16. The quantitative estimate of drug-likeness (QED) is 0.931. The van der Waals surface area contributed by atoms with Crippen molar-refractivity contribution in [1.82, 2.24) is 0 Å². The Morgan fingerprint density at radius 1 is 0.895 bits per heavy atom. The maximum absolute atomic E-state index is 12.2. The third-order valence-corrected chi connectivity index (χ3v) is 4.24. The fourth-order valence-electron chi connectivity index (χ4n) is 1.87. The van der Waals surface area contributed by atoms with Crippen LogP contribution in [0.25, 0.3) is 0 Å². The molecule has 2 rings (SSSR count). The predicted octanol–water partition coefficient (Wildman–Crippen LogP) is 3.25. The molecule has 3 nitrogen and oxygen atoms in total. The van der Waals surface area contributed by atoms with Gasteiger partial charge in [-0.3, -0.25) is 4.72 Å². The van der Waals surface area contributed by atoms with Gasteiger partial charge >= 0.3 is 0 Å². The van der Waals surface area contributed by atoms with Gasteiger partial charge in [0, 0.05) is 0 Å². The van der Waals surface area contributed by atoms with E-state index in [1.54, 1.807) is 6.07 Å². The van der Waals surface area contributed by atoms with E-state index in [-0.39, 0.29) is 5.75 Å². The summed E-state index contributed by atoms with van der Waals surface area (Å²) in [5.41, 5.74) is 3.35. The summed E-state index contributed by atoms with van der Waals surface area (Å²) in [5.74, 6) is -0.00594. The van der Waals surface area contributed by atoms with Crippen molar-refractivity contribution < 1.29 is 8.42 Å². The van der Waals surface area contributed by atoms with Crippen molar-refractivity contribution >= 4 is 15.7 Å². The Morgan fingerprint density at radius 2 is 1.47 bits per heavy atom. The lowest BCUT2D eigenvalue weighted by molar-refractivity contribution is 0.600. The second kappa shape index (κ2) is 5.45. The molecule has 0 aromatic heterocycles. The Morgan fingerprint density at radius 3 is 2.11 bits per heavy atom. The highest BCUT2D eigenvalue weighted by Gasteiger charge is 2.13. The summed E-state index contributed by atoms with van der Waals surface area (Å²) < 4.78 is 27.0. The van der Waals surface area contributed by atoms with Crippen LogP contribution in [0.1, 0.15) is 16.7 Å². The molecule has 4 heteroatoms. The molecule has 0 amide bonds. The van der Waals surface area contributed by atoms with Gasteiger partial charge in [-0.1, -0.05) is 42.5 Å². The molecule has 1 N–H and O–H groups in total. The summed E-state index contributed by atoms with van der Waals surface area (Å²) >= 11 is 0. The van der Waals surface area contributed by atoms with Crippen LogP contribution in [0.15, 0.2) is 48.5 Å². The van der Waals surface area contributed by atoms with Gasteiger partial charge in [0.25, 0.3) is 0 Å². The minimum Gasteiger partial charge on any atom is -0.283 e. The van der Waals surface area contributed by atoms with Gasteiger partial charge in [-0.25, -0.2) is 8.42 Å². The largest absolute Gasteiger partial charge is 0.283 e. The fraction of sp³-hybridized carbons (Fsp3) is 0.200. The topological polar surface area (TPSA) is 46.2 Å². The zero-order valence-electron chi connectivity index (χ0n) is 11.1. The Balaban J connectivity index is 2.21. The molecular weight excluding hydrogens is 258 g/mol. The van der Waals surface area contributed by atoms with Crippen molar-refractivity contribution in [2.75, 3.05) is 4.72 Å². The van der Waals surface area contributed by atoms with Crippen LogP contribution in [0.2, 0.25) is 0 Å². The molecule has 0 unspecified atom stereocenters. The number of nitrogens with one attached hydrogen (secondary N) is 1. The average molecular weight is 275 g/mol. The first kappa shape index (κ1) is 13.6. The van der Waals surface area contributed by atoms with Gasteiger partial charge in [0.2, 0.25) is 10.0 Å². The first-order valence-electron chi connectivity index (χ1n) is 6.08. The molecule has 19 heavy (non-hydrogen) atoms. The van der Waals surface area contributed by atoms with Crippen LogP contribution in [0.5, 0.6) is 0 Å². The summed E-state index contributed by atoms with van der Waals surface area (Å²) in [4.78, 5) is 0. The lowest BCUT2D eigenvalue weighted by atomic mass is 10.1. The molecular formula is C15H17NO2S. The summed E-state index contributed by atoms with van der Waals surface area (Å²) in [7, 11) is -3.38. The zero-order chi connectivity index (χ0) is 13.9. The van der Waals surface area contributed by atoms with Crippen molar-refractivity contribution in [2.45, 2.75) is 19.6 Å². The van der Waals surface area contributed by atoms with Gasteiger partial charge < -0.3 is 0 Å². The molecule has 0 aliphatic rings. The van der Waals surface area contributed by atoms with Gasteiger partial charge in [-0.05, 0) is 36.6 Å². The SMILES string of the molecule is Cc1ccccc1CS(=O)(=O)Nc1ccccc1C. The van der Waals surface area contributed by atoms with Gasteiger partial charge in [0.05, 0.1) is 11.4 Å². The maximum Gasteiger partial charge on any atom is 0.236 e. The van der Waals surface area contributed by atoms with E-state index >= 15 is 0 Å². The predicted molar refractivity (Wildman–Crippen MR) is 78.6 cm³/mol. The molecule has 0 saturated heterocycles. The Kier molecular flexibility index (Phi) is 3.90. The fourth-order valence-corrected chi connectivity index (χ4v) is 3.24. The van der Waals surface area contributed by atoms with Crippen molar-refractivity contribution in [3.8, 4) is 0 Å². The maximum atomic E-state index is 12.2. The Labute approximate surface area is 114 Å². The molecule has 0 heterocycles. The van der Waals surface area contributed by atoms with E-state index in [0.717, 1.165) is 16.7 Å². The highest BCUT2D eigenvalue weighted by molar-refractivity contribution is 7.91. The van der Waals surface area contributed by atoms with Crippen LogP contribution in [0.4, 0.5) is 5.69 Å². The van der Waals surface area contributed by atoms with Crippen LogP contribution < -0.4 is 4.72 Å². The number of benzene rings is 2. The van der Waals surface area contributed by atoms with E-state index in [1.807, 2.05) is 56.3 Å². The summed E-state index contributed by atoms with van der Waals surface area (Å²) in [6, 6.07) is 14.9. The van der Waals surface area contributed by atoms with Gasteiger partial charge in [0.1, 0.15) is 0 Å². The van der Waals surface area contributed by atoms with Gasteiger partial charge in [-0.2, -0.15) is 0 Å². The molecule has 0 bridgehead atoms. The van der Waals surface area contributed by atoms with Crippen LogP contribution in [0.3, 0.4) is 0 Å². The van der Waals surface area contributed by atoms with Crippen molar-refractivity contribution in [3.63, 3.8) is 0 Å². The number of rotatable bonds is 4. The molecule has 0 fully saturated rings. The number of hydrogen-bond acceptors (Lipinski definition) is 2. The molecule has 0 atom stereocenters. The van der Waals surface area contributed by atoms with Crippen LogP contribution >= 0.6 is 0 Å². The monoisotopic (exact) mass is 275 g/mol. The zero-order valence-corrected chi connectivity index (χ0v) is 11.9. The minimum absolute atomic E-state index is 0.00594. The number of para-hydroxylation sites is 1. The average Bonchev–Trinajstić information content (AvgIpc) is 2.35. The van der Waals surface area contributed by atoms with Crippen molar-refractivity contribution in [2.24, 2.45) is 0 Å². The van der Waals surface area contributed by atoms with Crippen molar-refractivity contribution in [1.29, 1.82) is 0 Å². The number of aryl methyl sites for hydroxylation is 2. The molecule has 2 aromatic carbocycles. The molecule has 0 aliphatic carbocycles. The van der Waals surface area contributed by atoms with Crippen LogP contribution in [-0.2, 0) is 15.8 Å². The third-order valence-electron chi connectivity index (χ3n) is 3.02.